The number of rotatable bonds is 9. The minimum atomic E-state index is -4.13. The Morgan fingerprint density at radius 3 is 2.08 bits per heavy atom. The van der Waals surface area contributed by atoms with Crippen molar-refractivity contribution in [2.75, 3.05) is 17.9 Å². The topological polar surface area (TPSA) is 86.8 Å². The van der Waals surface area contributed by atoms with E-state index >= 15 is 0 Å². The molecule has 3 aromatic carbocycles. The standard InChI is InChI=1S/C28H32FN3O4S/c1-19-6-13-25(14-7-19)37(35,36)32(26-15-8-20(2)16-21(26)3)18-27(33)31(22(4)28(34)30-5)17-23-9-11-24(29)12-10-23/h6-16,22H,17-18H2,1-5H3,(H,30,34)/t22-/m1/s1. The fourth-order valence-electron chi connectivity index (χ4n) is 4.01. The Morgan fingerprint density at radius 1 is 0.919 bits per heavy atom. The third-order valence-corrected chi connectivity index (χ3v) is 7.96. The van der Waals surface area contributed by atoms with E-state index in [0.29, 0.717) is 16.8 Å². The molecule has 37 heavy (non-hydrogen) atoms. The second kappa shape index (κ2) is 11.6. The van der Waals surface area contributed by atoms with Crippen LogP contribution in [0.5, 0.6) is 0 Å². The van der Waals surface area contributed by atoms with Crippen molar-refractivity contribution in [2.24, 2.45) is 0 Å². The van der Waals surface area contributed by atoms with Crippen molar-refractivity contribution >= 4 is 27.5 Å². The second-order valence-corrected chi connectivity index (χ2v) is 10.9. The molecule has 0 unspecified atom stereocenters. The smallest absolute Gasteiger partial charge is 0.264 e. The normalized spacial score (nSPS) is 12.1. The predicted molar refractivity (Wildman–Crippen MR) is 142 cm³/mol. The van der Waals surface area contributed by atoms with E-state index in [-0.39, 0.29) is 11.4 Å². The molecule has 0 aliphatic carbocycles. The summed E-state index contributed by atoms with van der Waals surface area (Å²) in [5.74, 6) is -1.41. The van der Waals surface area contributed by atoms with Crippen molar-refractivity contribution in [3.05, 3.63) is 94.8 Å². The molecule has 0 aromatic heterocycles. The molecule has 7 nitrogen and oxygen atoms in total. The summed E-state index contributed by atoms with van der Waals surface area (Å²) < 4.78 is 42.2. The van der Waals surface area contributed by atoms with E-state index in [4.69, 9.17) is 0 Å². The van der Waals surface area contributed by atoms with E-state index < -0.39 is 40.2 Å². The molecular weight excluding hydrogens is 493 g/mol. The molecule has 1 atom stereocenters. The Morgan fingerprint density at radius 2 is 1.51 bits per heavy atom. The van der Waals surface area contributed by atoms with Gasteiger partial charge in [-0.25, -0.2) is 12.8 Å². The van der Waals surface area contributed by atoms with Crippen LogP contribution in [0.4, 0.5) is 10.1 Å². The zero-order valence-electron chi connectivity index (χ0n) is 21.7. The molecule has 2 amide bonds. The molecule has 3 rings (SSSR count). The minimum absolute atomic E-state index is 0.000993. The summed E-state index contributed by atoms with van der Waals surface area (Å²) in [5, 5.41) is 2.53. The molecule has 0 bridgehead atoms. The molecule has 0 aliphatic rings. The number of benzene rings is 3. The first kappa shape index (κ1) is 27.9. The van der Waals surface area contributed by atoms with Crippen LogP contribution in [-0.4, -0.2) is 44.8 Å². The van der Waals surface area contributed by atoms with Crippen LogP contribution in [0.1, 0.15) is 29.2 Å². The first-order chi connectivity index (χ1) is 17.4. The third-order valence-electron chi connectivity index (χ3n) is 6.19. The van der Waals surface area contributed by atoms with Crippen molar-refractivity contribution < 1.29 is 22.4 Å². The van der Waals surface area contributed by atoms with Gasteiger partial charge in [0.1, 0.15) is 18.4 Å². The molecule has 0 fully saturated rings. The number of anilines is 1. The van der Waals surface area contributed by atoms with Gasteiger partial charge in [-0.2, -0.15) is 0 Å². The van der Waals surface area contributed by atoms with Crippen LogP contribution < -0.4 is 9.62 Å². The van der Waals surface area contributed by atoms with Gasteiger partial charge in [-0.05, 0) is 69.2 Å². The van der Waals surface area contributed by atoms with Gasteiger partial charge in [-0.1, -0.05) is 47.5 Å². The Labute approximate surface area is 218 Å². The number of carbonyl (C=O) groups is 2. The van der Waals surface area contributed by atoms with Crippen LogP contribution in [0.25, 0.3) is 0 Å². The Bertz CT molecular complexity index is 1370. The summed E-state index contributed by atoms with van der Waals surface area (Å²) in [6, 6.07) is 16.4. The highest BCUT2D eigenvalue weighted by atomic mass is 32.2. The number of hydrogen-bond acceptors (Lipinski definition) is 4. The van der Waals surface area contributed by atoms with Gasteiger partial charge in [0.2, 0.25) is 11.8 Å². The lowest BCUT2D eigenvalue weighted by atomic mass is 10.1. The van der Waals surface area contributed by atoms with Crippen LogP contribution >= 0.6 is 0 Å². The number of hydrogen-bond donors (Lipinski definition) is 1. The number of likely N-dealkylation sites (N-methyl/N-ethyl adjacent to an activating group) is 1. The van der Waals surface area contributed by atoms with E-state index in [1.807, 2.05) is 19.9 Å². The monoisotopic (exact) mass is 525 g/mol. The van der Waals surface area contributed by atoms with Crippen molar-refractivity contribution in [1.82, 2.24) is 10.2 Å². The average molecular weight is 526 g/mol. The van der Waals surface area contributed by atoms with Gasteiger partial charge in [0.25, 0.3) is 10.0 Å². The van der Waals surface area contributed by atoms with Gasteiger partial charge in [0.05, 0.1) is 10.6 Å². The molecule has 0 saturated heterocycles. The Hall–Kier alpha value is -3.72. The molecule has 0 heterocycles. The number of amides is 2. The first-order valence-corrected chi connectivity index (χ1v) is 13.3. The van der Waals surface area contributed by atoms with Gasteiger partial charge in [-0.3, -0.25) is 13.9 Å². The Kier molecular flexibility index (Phi) is 8.70. The quantitative estimate of drug-likeness (QED) is 0.456. The maximum Gasteiger partial charge on any atom is 0.264 e. The van der Waals surface area contributed by atoms with Crippen molar-refractivity contribution in [3.8, 4) is 0 Å². The van der Waals surface area contributed by atoms with Crippen LogP contribution in [0.2, 0.25) is 0 Å². The van der Waals surface area contributed by atoms with Gasteiger partial charge in [0.15, 0.2) is 0 Å². The van der Waals surface area contributed by atoms with Crippen molar-refractivity contribution in [3.63, 3.8) is 0 Å². The summed E-state index contributed by atoms with van der Waals surface area (Å²) in [4.78, 5) is 27.6. The van der Waals surface area contributed by atoms with Crippen molar-refractivity contribution in [2.45, 2.75) is 45.2 Å². The van der Waals surface area contributed by atoms with E-state index in [2.05, 4.69) is 5.32 Å². The number of carbonyl (C=O) groups excluding carboxylic acids is 2. The summed E-state index contributed by atoms with van der Waals surface area (Å²) in [6.45, 7) is 6.58. The summed E-state index contributed by atoms with van der Waals surface area (Å²) in [6.07, 6.45) is 0. The minimum Gasteiger partial charge on any atom is -0.357 e. The average Bonchev–Trinajstić information content (AvgIpc) is 2.86. The molecule has 0 radical (unpaired) electrons. The Balaban J connectivity index is 2.06. The second-order valence-electron chi connectivity index (χ2n) is 9.05. The van der Waals surface area contributed by atoms with Crippen LogP contribution in [0.3, 0.4) is 0 Å². The number of nitrogens with one attached hydrogen (secondary N) is 1. The summed E-state index contributed by atoms with van der Waals surface area (Å²) in [7, 11) is -2.67. The highest BCUT2D eigenvalue weighted by Crippen LogP contribution is 2.28. The number of aryl methyl sites for hydroxylation is 3. The first-order valence-electron chi connectivity index (χ1n) is 11.9. The molecule has 1 N–H and O–H groups in total. The lowest BCUT2D eigenvalue weighted by Gasteiger charge is -2.32. The van der Waals surface area contributed by atoms with E-state index in [1.54, 1.807) is 38.1 Å². The summed E-state index contributed by atoms with van der Waals surface area (Å²) >= 11 is 0. The van der Waals surface area contributed by atoms with Crippen molar-refractivity contribution in [1.29, 1.82) is 0 Å². The van der Waals surface area contributed by atoms with Gasteiger partial charge in [0, 0.05) is 13.6 Å². The van der Waals surface area contributed by atoms with Crippen LogP contribution in [0.15, 0.2) is 71.6 Å². The van der Waals surface area contributed by atoms with Gasteiger partial charge < -0.3 is 10.2 Å². The van der Waals surface area contributed by atoms with Crippen LogP contribution in [-0.2, 0) is 26.2 Å². The SMILES string of the molecule is CNC(=O)[C@@H](C)N(Cc1ccc(F)cc1)C(=O)CN(c1ccc(C)cc1C)S(=O)(=O)c1ccc(C)cc1. The molecule has 0 saturated carbocycles. The molecule has 0 aliphatic heterocycles. The van der Waals surface area contributed by atoms with E-state index in [9.17, 15) is 22.4 Å². The summed E-state index contributed by atoms with van der Waals surface area (Å²) in [5.41, 5.74) is 3.51. The maximum atomic E-state index is 13.8. The molecule has 0 spiro atoms. The number of halogens is 1. The number of nitrogens with zero attached hydrogens (tertiary/aromatic N) is 2. The largest absolute Gasteiger partial charge is 0.357 e. The lowest BCUT2D eigenvalue weighted by Crippen LogP contribution is -2.50. The van der Waals surface area contributed by atoms with E-state index in [0.717, 1.165) is 15.4 Å². The molecule has 3 aromatic rings. The number of sulfonamides is 1. The van der Waals surface area contributed by atoms with Gasteiger partial charge in [-0.15, -0.1) is 0 Å². The van der Waals surface area contributed by atoms with Crippen LogP contribution in [0, 0.1) is 26.6 Å². The van der Waals surface area contributed by atoms with E-state index in [1.165, 1.54) is 48.3 Å². The maximum absolute atomic E-state index is 13.8. The molecular formula is C28H32FN3O4S. The van der Waals surface area contributed by atoms with Gasteiger partial charge >= 0.3 is 0 Å². The fraction of sp³-hybridized carbons (Fsp3) is 0.286. The third kappa shape index (κ3) is 6.54. The highest BCUT2D eigenvalue weighted by Gasteiger charge is 2.32. The zero-order chi connectivity index (χ0) is 27.3. The predicted octanol–water partition coefficient (Wildman–Crippen LogP) is 4.11. The lowest BCUT2D eigenvalue weighted by molar-refractivity contribution is -0.139. The zero-order valence-corrected chi connectivity index (χ0v) is 22.5. The molecule has 196 valence electrons. The fourth-order valence-corrected chi connectivity index (χ4v) is 5.49. The molecule has 9 heteroatoms. The highest BCUT2D eigenvalue weighted by molar-refractivity contribution is 7.92.